The van der Waals surface area contributed by atoms with Crippen molar-refractivity contribution < 1.29 is 27.5 Å². The van der Waals surface area contributed by atoms with Crippen LogP contribution < -0.4 is 4.72 Å². The van der Waals surface area contributed by atoms with Crippen LogP contribution >= 0.6 is 0 Å². The van der Waals surface area contributed by atoms with Gasteiger partial charge in [0.1, 0.15) is 13.2 Å². The number of carbonyl (C=O) groups is 2. The Morgan fingerprint density at radius 1 is 1.09 bits per heavy atom. The standard InChI is InChI=1S/C14H17NO6S/c1-11-5-7-13(8-6-11)22(18,19)15-14(17)21-10-4-3-9-20-12(2)16/h3-8H,9-10H2,1-2H3,(H,15,17)/b4-3-. The highest BCUT2D eigenvalue weighted by Gasteiger charge is 2.17. The lowest BCUT2D eigenvalue weighted by atomic mass is 10.2. The molecule has 0 unspecified atom stereocenters. The molecule has 1 aromatic rings. The highest BCUT2D eigenvalue weighted by atomic mass is 32.2. The van der Waals surface area contributed by atoms with E-state index in [-0.39, 0.29) is 18.1 Å². The normalized spacial score (nSPS) is 11.2. The average Bonchev–Trinajstić information content (AvgIpc) is 2.42. The molecule has 0 saturated carbocycles. The van der Waals surface area contributed by atoms with Crippen LogP contribution in [0, 0.1) is 6.92 Å². The SMILES string of the molecule is CC(=O)OC/C=C\COC(=O)NS(=O)(=O)c1ccc(C)cc1. The number of nitrogens with one attached hydrogen (secondary N) is 1. The number of esters is 1. The first-order valence-electron chi connectivity index (χ1n) is 6.36. The van der Waals surface area contributed by atoms with Crippen LogP contribution in [0.4, 0.5) is 4.79 Å². The Hall–Kier alpha value is -2.35. The number of hydrogen-bond donors (Lipinski definition) is 1. The average molecular weight is 327 g/mol. The Bertz CT molecular complexity index is 648. The quantitative estimate of drug-likeness (QED) is 0.628. The van der Waals surface area contributed by atoms with Crippen LogP contribution in [-0.2, 0) is 24.3 Å². The third kappa shape index (κ3) is 6.40. The van der Waals surface area contributed by atoms with Gasteiger partial charge in [0.25, 0.3) is 10.0 Å². The summed E-state index contributed by atoms with van der Waals surface area (Å²) in [5, 5.41) is 0. The monoisotopic (exact) mass is 327 g/mol. The van der Waals surface area contributed by atoms with Gasteiger partial charge < -0.3 is 9.47 Å². The van der Waals surface area contributed by atoms with Crippen molar-refractivity contribution in [3.05, 3.63) is 42.0 Å². The van der Waals surface area contributed by atoms with Gasteiger partial charge in [0.2, 0.25) is 0 Å². The molecule has 0 heterocycles. The lowest BCUT2D eigenvalue weighted by Gasteiger charge is -2.07. The molecule has 1 aromatic carbocycles. The van der Waals surface area contributed by atoms with Crippen LogP contribution in [0.15, 0.2) is 41.3 Å². The Labute approximate surface area is 129 Å². The van der Waals surface area contributed by atoms with E-state index in [0.29, 0.717) is 0 Å². The predicted molar refractivity (Wildman–Crippen MR) is 78.6 cm³/mol. The van der Waals surface area contributed by atoms with Gasteiger partial charge in [0.15, 0.2) is 0 Å². The summed E-state index contributed by atoms with van der Waals surface area (Å²) in [6.07, 6.45) is 1.82. The molecule has 1 N–H and O–H groups in total. The molecule has 22 heavy (non-hydrogen) atoms. The topological polar surface area (TPSA) is 98.8 Å². The molecule has 0 saturated heterocycles. The first-order valence-corrected chi connectivity index (χ1v) is 7.84. The smallest absolute Gasteiger partial charge is 0.421 e. The molecule has 1 rings (SSSR count). The van der Waals surface area contributed by atoms with E-state index in [4.69, 9.17) is 0 Å². The Morgan fingerprint density at radius 2 is 1.64 bits per heavy atom. The second kappa shape index (κ2) is 8.18. The fourth-order valence-corrected chi connectivity index (χ4v) is 2.23. The summed E-state index contributed by atoms with van der Waals surface area (Å²) in [7, 11) is -3.95. The summed E-state index contributed by atoms with van der Waals surface area (Å²) in [6, 6.07) is 6.03. The van der Waals surface area contributed by atoms with Gasteiger partial charge in [0, 0.05) is 6.92 Å². The lowest BCUT2D eigenvalue weighted by Crippen LogP contribution is -2.31. The number of benzene rings is 1. The number of carbonyl (C=O) groups excluding carboxylic acids is 2. The molecule has 0 aromatic heterocycles. The second-order valence-corrected chi connectivity index (χ2v) is 5.97. The molecule has 7 nitrogen and oxygen atoms in total. The number of rotatable bonds is 6. The summed E-state index contributed by atoms with van der Waals surface area (Å²) in [5.41, 5.74) is 0.902. The summed E-state index contributed by atoms with van der Waals surface area (Å²) in [6.45, 7) is 3.01. The molecule has 120 valence electrons. The maximum absolute atomic E-state index is 11.9. The molecular weight excluding hydrogens is 310 g/mol. The summed E-state index contributed by atoms with van der Waals surface area (Å²) in [4.78, 5) is 21.9. The van der Waals surface area contributed by atoms with Crippen LogP contribution in [0.25, 0.3) is 0 Å². The second-order valence-electron chi connectivity index (χ2n) is 4.29. The van der Waals surface area contributed by atoms with Gasteiger partial charge in [-0.05, 0) is 31.2 Å². The van der Waals surface area contributed by atoms with Gasteiger partial charge in [-0.15, -0.1) is 0 Å². The molecule has 0 radical (unpaired) electrons. The maximum atomic E-state index is 11.9. The first kappa shape index (κ1) is 17.7. The Kier molecular flexibility index (Phi) is 6.58. The summed E-state index contributed by atoms with van der Waals surface area (Å²) in [5.74, 6) is -0.424. The van der Waals surface area contributed by atoms with Crippen molar-refractivity contribution in [3.8, 4) is 0 Å². The number of aryl methyl sites for hydroxylation is 1. The van der Waals surface area contributed by atoms with Crippen LogP contribution in [0.3, 0.4) is 0 Å². The molecule has 0 spiro atoms. The number of ether oxygens (including phenoxy) is 2. The minimum atomic E-state index is -3.95. The van der Waals surface area contributed by atoms with E-state index in [9.17, 15) is 18.0 Å². The van der Waals surface area contributed by atoms with Gasteiger partial charge in [0.05, 0.1) is 4.90 Å². The van der Waals surface area contributed by atoms with Crippen molar-refractivity contribution in [1.82, 2.24) is 4.72 Å². The van der Waals surface area contributed by atoms with Gasteiger partial charge in [-0.25, -0.2) is 17.9 Å². The molecule has 1 amide bonds. The fourth-order valence-electron chi connectivity index (χ4n) is 1.34. The Morgan fingerprint density at radius 3 is 2.18 bits per heavy atom. The van der Waals surface area contributed by atoms with Crippen molar-refractivity contribution in [2.75, 3.05) is 13.2 Å². The highest BCUT2D eigenvalue weighted by molar-refractivity contribution is 7.90. The molecule has 0 bridgehead atoms. The van der Waals surface area contributed by atoms with E-state index >= 15 is 0 Å². The van der Waals surface area contributed by atoms with Crippen molar-refractivity contribution in [2.24, 2.45) is 0 Å². The molecule has 0 atom stereocenters. The molecule has 8 heteroatoms. The van der Waals surface area contributed by atoms with Crippen LogP contribution in [0.2, 0.25) is 0 Å². The van der Waals surface area contributed by atoms with E-state index in [1.54, 1.807) is 16.9 Å². The van der Waals surface area contributed by atoms with Crippen molar-refractivity contribution in [2.45, 2.75) is 18.7 Å². The van der Waals surface area contributed by atoms with Gasteiger partial charge >= 0.3 is 12.1 Å². The molecule has 0 aliphatic rings. The van der Waals surface area contributed by atoms with Gasteiger partial charge in [-0.2, -0.15) is 0 Å². The summed E-state index contributed by atoms with van der Waals surface area (Å²) >= 11 is 0. The number of amides is 1. The summed E-state index contributed by atoms with van der Waals surface area (Å²) < 4.78 is 34.8. The zero-order valence-corrected chi connectivity index (χ0v) is 13.1. The van der Waals surface area contributed by atoms with Crippen LogP contribution in [-0.4, -0.2) is 33.7 Å². The largest absolute Gasteiger partial charge is 0.462 e. The van der Waals surface area contributed by atoms with Crippen LogP contribution in [0.1, 0.15) is 12.5 Å². The maximum Gasteiger partial charge on any atom is 0.421 e. The third-order valence-corrected chi connectivity index (χ3v) is 3.74. The fraction of sp³-hybridized carbons (Fsp3) is 0.286. The van der Waals surface area contributed by atoms with Crippen molar-refractivity contribution >= 4 is 22.1 Å². The first-order chi connectivity index (χ1) is 10.3. The lowest BCUT2D eigenvalue weighted by molar-refractivity contribution is -0.139. The molecule has 0 aliphatic heterocycles. The molecule has 0 aliphatic carbocycles. The highest BCUT2D eigenvalue weighted by Crippen LogP contribution is 2.09. The van der Waals surface area contributed by atoms with Gasteiger partial charge in [-0.3, -0.25) is 4.79 Å². The third-order valence-electron chi connectivity index (χ3n) is 2.41. The number of sulfonamides is 1. The van der Waals surface area contributed by atoms with Gasteiger partial charge in [-0.1, -0.05) is 17.7 Å². The van der Waals surface area contributed by atoms with E-state index in [2.05, 4.69) is 9.47 Å². The Balaban J connectivity index is 2.44. The van der Waals surface area contributed by atoms with E-state index in [0.717, 1.165) is 5.56 Å². The minimum Gasteiger partial charge on any atom is -0.462 e. The van der Waals surface area contributed by atoms with E-state index in [1.807, 2.05) is 6.92 Å². The predicted octanol–water partition coefficient (Wildman–Crippen LogP) is 1.53. The van der Waals surface area contributed by atoms with E-state index < -0.39 is 22.1 Å². The van der Waals surface area contributed by atoms with E-state index in [1.165, 1.54) is 31.2 Å². The van der Waals surface area contributed by atoms with Crippen molar-refractivity contribution in [3.63, 3.8) is 0 Å². The molecule has 0 fully saturated rings. The minimum absolute atomic E-state index is 0.0274. The zero-order valence-electron chi connectivity index (χ0n) is 12.2. The van der Waals surface area contributed by atoms with Crippen LogP contribution in [0.5, 0.6) is 0 Å². The zero-order chi connectivity index (χ0) is 16.6. The molecular formula is C14H17NO6S. The number of hydrogen-bond acceptors (Lipinski definition) is 6. The van der Waals surface area contributed by atoms with Crippen molar-refractivity contribution in [1.29, 1.82) is 0 Å².